The molecule has 0 radical (unpaired) electrons. The van der Waals surface area contributed by atoms with Gasteiger partial charge in [0.05, 0.1) is 0 Å². The summed E-state index contributed by atoms with van der Waals surface area (Å²) in [5.74, 6) is 0.0914. The zero-order chi connectivity index (χ0) is 13.9. The predicted octanol–water partition coefficient (Wildman–Crippen LogP) is 5.04. The molecule has 0 aliphatic heterocycles. The molecule has 2 aromatic rings. The molecule has 0 nitrogen and oxygen atoms in total. The molecule has 2 aromatic carbocycles. The van der Waals surface area contributed by atoms with Crippen molar-refractivity contribution in [1.82, 2.24) is 0 Å². The van der Waals surface area contributed by atoms with Gasteiger partial charge in [0.15, 0.2) is 0 Å². The van der Waals surface area contributed by atoms with Crippen molar-refractivity contribution in [2.24, 2.45) is 0 Å². The monoisotopic (exact) mass is 332 g/mol. The maximum absolute atomic E-state index is 13.9. The van der Waals surface area contributed by atoms with Gasteiger partial charge in [-0.2, -0.15) is 0 Å². The summed E-state index contributed by atoms with van der Waals surface area (Å²) in [7, 11) is 0. The molecule has 0 heterocycles. The molecule has 1 aliphatic carbocycles. The van der Waals surface area contributed by atoms with Crippen molar-refractivity contribution in [1.29, 1.82) is 0 Å². The Balaban J connectivity index is 1.83. The first-order valence-corrected chi connectivity index (χ1v) is 8.31. The van der Waals surface area contributed by atoms with Crippen LogP contribution in [0.3, 0.4) is 0 Å². The zero-order valence-electron chi connectivity index (χ0n) is 11.4. The standard InChI is InChI=1S/C18H18BrF/c19-12-16(17-6-1-2-7-18(17)20)11-13-8-9-14-4-3-5-15(14)10-13/h1-2,6-10,16H,3-5,11-12H2. The van der Waals surface area contributed by atoms with Gasteiger partial charge in [0, 0.05) is 11.2 Å². The van der Waals surface area contributed by atoms with E-state index in [9.17, 15) is 4.39 Å². The van der Waals surface area contributed by atoms with Crippen LogP contribution >= 0.6 is 15.9 Å². The molecule has 20 heavy (non-hydrogen) atoms. The number of halogens is 2. The van der Waals surface area contributed by atoms with Gasteiger partial charge in [-0.1, -0.05) is 52.3 Å². The lowest BCUT2D eigenvalue weighted by Gasteiger charge is -2.16. The van der Waals surface area contributed by atoms with Crippen molar-refractivity contribution in [3.63, 3.8) is 0 Å². The molecule has 104 valence electrons. The highest BCUT2D eigenvalue weighted by Gasteiger charge is 2.17. The van der Waals surface area contributed by atoms with Crippen molar-refractivity contribution in [2.45, 2.75) is 31.6 Å². The van der Waals surface area contributed by atoms with Crippen molar-refractivity contribution >= 4 is 15.9 Å². The van der Waals surface area contributed by atoms with Crippen LogP contribution in [0.2, 0.25) is 0 Å². The smallest absolute Gasteiger partial charge is 0.126 e. The van der Waals surface area contributed by atoms with E-state index in [2.05, 4.69) is 34.1 Å². The molecular weight excluding hydrogens is 315 g/mol. The largest absolute Gasteiger partial charge is 0.207 e. The molecule has 3 rings (SSSR count). The van der Waals surface area contributed by atoms with Gasteiger partial charge in [0.1, 0.15) is 5.82 Å². The SMILES string of the molecule is Fc1ccccc1C(CBr)Cc1ccc2c(c1)CCC2. The van der Waals surface area contributed by atoms with Crippen LogP contribution in [0.5, 0.6) is 0 Å². The van der Waals surface area contributed by atoms with E-state index in [1.165, 1.54) is 36.0 Å². The summed E-state index contributed by atoms with van der Waals surface area (Å²) in [5.41, 5.74) is 5.11. The van der Waals surface area contributed by atoms with Crippen LogP contribution in [0.15, 0.2) is 42.5 Å². The van der Waals surface area contributed by atoms with Gasteiger partial charge in [-0.3, -0.25) is 0 Å². The van der Waals surface area contributed by atoms with Gasteiger partial charge >= 0.3 is 0 Å². The van der Waals surface area contributed by atoms with E-state index in [0.717, 1.165) is 17.3 Å². The van der Waals surface area contributed by atoms with E-state index < -0.39 is 0 Å². The van der Waals surface area contributed by atoms with E-state index in [4.69, 9.17) is 0 Å². The number of fused-ring (bicyclic) bond motifs is 1. The topological polar surface area (TPSA) is 0 Å². The summed E-state index contributed by atoms with van der Waals surface area (Å²) in [6.45, 7) is 0. The number of rotatable bonds is 4. The lowest BCUT2D eigenvalue weighted by atomic mass is 9.92. The molecule has 0 spiro atoms. The van der Waals surface area contributed by atoms with E-state index >= 15 is 0 Å². The Hall–Kier alpha value is -1.15. The first-order chi connectivity index (χ1) is 9.78. The number of hydrogen-bond donors (Lipinski definition) is 0. The quantitative estimate of drug-likeness (QED) is 0.688. The zero-order valence-corrected chi connectivity index (χ0v) is 13.0. The Bertz CT molecular complexity index is 606. The van der Waals surface area contributed by atoms with Crippen LogP contribution in [0.4, 0.5) is 4.39 Å². The second-order valence-corrected chi connectivity index (χ2v) is 6.18. The molecular formula is C18H18BrF. The third-order valence-corrected chi connectivity index (χ3v) is 4.96. The van der Waals surface area contributed by atoms with E-state index in [1.54, 1.807) is 12.1 Å². The number of hydrogen-bond acceptors (Lipinski definition) is 0. The highest BCUT2D eigenvalue weighted by atomic mass is 79.9. The van der Waals surface area contributed by atoms with Crippen LogP contribution in [-0.2, 0) is 19.3 Å². The van der Waals surface area contributed by atoms with E-state index in [0.29, 0.717) is 0 Å². The number of alkyl halides is 1. The molecule has 0 saturated carbocycles. The highest BCUT2D eigenvalue weighted by molar-refractivity contribution is 9.09. The van der Waals surface area contributed by atoms with Crippen LogP contribution in [0.25, 0.3) is 0 Å². The number of benzene rings is 2. The molecule has 0 fully saturated rings. The van der Waals surface area contributed by atoms with E-state index in [1.807, 2.05) is 12.1 Å². The van der Waals surface area contributed by atoms with Crippen LogP contribution in [-0.4, -0.2) is 5.33 Å². The minimum atomic E-state index is -0.0990. The summed E-state index contributed by atoms with van der Waals surface area (Å²) in [6, 6.07) is 13.9. The summed E-state index contributed by atoms with van der Waals surface area (Å²) in [5, 5.41) is 0.783. The molecule has 1 atom stereocenters. The molecule has 1 aliphatic rings. The number of aryl methyl sites for hydroxylation is 2. The minimum Gasteiger partial charge on any atom is -0.207 e. The Morgan fingerprint density at radius 1 is 1.05 bits per heavy atom. The lowest BCUT2D eigenvalue weighted by Crippen LogP contribution is -2.07. The summed E-state index contributed by atoms with van der Waals surface area (Å²) >= 11 is 3.54. The molecule has 0 amide bonds. The fourth-order valence-electron chi connectivity index (χ4n) is 3.09. The average molecular weight is 333 g/mol. The van der Waals surface area contributed by atoms with Gasteiger partial charge in [-0.05, 0) is 54.0 Å². The van der Waals surface area contributed by atoms with Crippen molar-refractivity contribution < 1.29 is 4.39 Å². The van der Waals surface area contributed by atoms with Crippen molar-refractivity contribution in [2.75, 3.05) is 5.33 Å². The van der Waals surface area contributed by atoms with Crippen molar-refractivity contribution in [3.8, 4) is 0 Å². The van der Waals surface area contributed by atoms with E-state index in [-0.39, 0.29) is 11.7 Å². The third kappa shape index (κ3) is 2.80. The summed E-state index contributed by atoms with van der Waals surface area (Å²) in [4.78, 5) is 0. The summed E-state index contributed by atoms with van der Waals surface area (Å²) in [6.07, 6.45) is 4.57. The maximum Gasteiger partial charge on any atom is 0.126 e. The minimum absolute atomic E-state index is 0.0990. The fraction of sp³-hybridized carbons (Fsp3) is 0.333. The van der Waals surface area contributed by atoms with Gasteiger partial charge in [-0.15, -0.1) is 0 Å². The van der Waals surface area contributed by atoms with Crippen LogP contribution < -0.4 is 0 Å². The third-order valence-electron chi connectivity index (χ3n) is 4.18. The van der Waals surface area contributed by atoms with Gasteiger partial charge in [0.2, 0.25) is 0 Å². The maximum atomic E-state index is 13.9. The Morgan fingerprint density at radius 2 is 1.85 bits per heavy atom. The summed E-state index contributed by atoms with van der Waals surface area (Å²) < 4.78 is 13.9. The fourth-order valence-corrected chi connectivity index (χ4v) is 3.67. The molecule has 0 aromatic heterocycles. The molecule has 1 unspecified atom stereocenters. The Labute approximate surface area is 128 Å². The Kier molecular flexibility index (Phi) is 4.21. The molecule has 2 heteroatoms. The highest BCUT2D eigenvalue weighted by Crippen LogP contribution is 2.28. The van der Waals surface area contributed by atoms with Crippen molar-refractivity contribution in [3.05, 3.63) is 70.5 Å². The molecule has 0 bridgehead atoms. The second kappa shape index (κ2) is 6.09. The predicted molar refractivity (Wildman–Crippen MR) is 85.1 cm³/mol. The van der Waals surface area contributed by atoms with Gasteiger partial charge in [0.25, 0.3) is 0 Å². The normalized spacial score (nSPS) is 15.1. The van der Waals surface area contributed by atoms with Crippen LogP contribution in [0, 0.1) is 5.82 Å². The molecule has 0 N–H and O–H groups in total. The lowest BCUT2D eigenvalue weighted by molar-refractivity contribution is 0.590. The second-order valence-electron chi connectivity index (χ2n) is 5.53. The first kappa shape index (κ1) is 13.8. The average Bonchev–Trinajstić information content (AvgIpc) is 2.93. The first-order valence-electron chi connectivity index (χ1n) is 7.19. The Morgan fingerprint density at radius 3 is 2.65 bits per heavy atom. The van der Waals surface area contributed by atoms with Gasteiger partial charge < -0.3 is 0 Å². The molecule has 0 saturated heterocycles. The van der Waals surface area contributed by atoms with Crippen LogP contribution in [0.1, 0.15) is 34.6 Å². The van der Waals surface area contributed by atoms with Gasteiger partial charge in [-0.25, -0.2) is 4.39 Å².